The number of aromatic nitrogens is 2. The fourth-order valence-electron chi connectivity index (χ4n) is 2.12. The van der Waals surface area contributed by atoms with Crippen LogP contribution in [-0.4, -0.2) is 34.6 Å². The van der Waals surface area contributed by atoms with Gasteiger partial charge >= 0.3 is 0 Å². The number of hydrogen-bond acceptors (Lipinski definition) is 5. The Bertz CT molecular complexity index is 877. The first-order chi connectivity index (χ1) is 11.7. The summed E-state index contributed by atoms with van der Waals surface area (Å²) in [5.74, 6) is 0.0477. The molecule has 122 valence electrons. The van der Waals surface area contributed by atoms with Crippen molar-refractivity contribution in [1.82, 2.24) is 15.3 Å². The summed E-state index contributed by atoms with van der Waals surface area (Å²) in [5.41, 5.74) is 2.07. The summed E-state index contributed by atoms with van der Waals surface area (Å²) in [5, 5.41) is 2.97. The number of nitrogens with one attached hydrogen (secondary N) is 2. The van der Waals surface area contributed by atoms with Crippen LogP contribution in [-0.2, 0) is 4.79 Å². The monoisotopic (exact) mass is 341 g/mol. The van der Waals surface area contributed by atoms with E-state index in [0.717, 1.165) is 16.8 Å². The number of aromatic amines is 1. The highest BCUT2D eigenvalue weighted by Gasteiger charge is 2.12. The molecule has 0 radical (unpaired) electrons. The van der Waals surface area contributed by atoms with Gasteiger partial charge in [0.1, 0.15) is 5.75 Å². The zero-order valence-electron chi connectivity index (χ0n) is 12.9. The van der Waals surface area contributed by atoms with Gasteiger partial charge in [0.2, 0.25) is 5.91 Å². The van der Waals surface area contributed by atoms with Crippen molar-refractivity contribution < 1.29 is 14.3 Å². The highest BCUT2D eigenvalue weighted by Crippen LogP contribution is 2.22. The van der Waals surface area contributed by atoms with Crippen LogP contribution in [0.5, 0.6) is 5.75 Å². The molecule has 7 heteroatoms. The molecule has 24 heavy (non-hydrogen) atoms. The molecule has 0 atom stereocenters. The predicted molar refractivity (Wildman–Crippen MR) is 92.3 cm³/mol. The van der Waals surface area contributed by atoms with E-state index >= 15 is 0 Å². The van der Waals surface area contributed by atoms with Crippen molar-refractivity contribution in [1.29, 1.82) is 0 Å². The standard InChI is InChI=1S/C17H15N3O3S/c1-23-12-7-8-13-14(9-12)19-17(18-13)24-10-15(21)20-16(22)11-5-3-2-4-6-11/h2-9H,10H2,1H3,(H,18,19)(H,20,21,22). The van der Waals surface area contributed by atoms with E-state index in [1.54, 1.807) is 31.4 Å². The Morgan fingerprint density at radius 1 is 1.21 bits per heavy atom. The molecule has 0 bridgehead atoms. The second-order valence-electron chi connectivity index (χ2n) is 4.96. The highest BCUT2D eigenvalue weighted by atomic mass is 32.2. The molecule has 3 aromatic rings. The van der Waals surface area contributed by atoms with E-state index in [2.05, 4.69) is 15.3 Å². The number of methoxy groups -OCH3 is 1. The van der Waals surface area contributed by atoms with Gasteiger partial charge in [-0.15, -0.1) is 0 Å². The maximum atomic E-state index is 11.9. The maximum absolute atomic E-state index is 11.9. The molecule has 0 aliphatic rings. The number of imide groups is 1. The van der Waals surface area contributed by atoms with Crippen molar-refractivity contribution >= 4 is 34.6 Å². The maximum Gasteiger partial charge on any atom is 0.257 e. The Balaban J connectivity index is 1.59. The van der Waals surface area contributed by atoms with Gasteiger partial charge in [0, 0.05) is 11.6 Å². The lowest BCUT2D eigenvalue weighted by Gasteiger charge is -2.02. The van der Waals surface area contributed by atoms with E-state index in [-0.39, 0.29) is 11.7 Å². The van der Waals surface area contributed by atoms with Gasteiger partial charge < -0.3 is 9.72 Å². The third-order valence-electron chi connectivity index (χ3n) is 3.30. The molecule has 2 N–H and O–H groups in total. The number of fused-ring (bicyclic) bond motifs is 1. The molecule has 0 fully saturated rings. The molecule has 0 aliphatic carbocycles. The molecule has 0 saturated carbocycles. The number of thioether (sulfide) groups is 1. The van der Waals surface area contributed by atoms with Gasteiger partial charge in [0.25, 0.3) is 5.91 Å². The summed E-state index contributed by atoms with van der Waals surface area (Å²) in [6.45, 7) is 0. The fraction of sp³-hybridized carbons (Fsp3) is 0.118. The lowest BCUT2D eigenvalue weighted by Crippen LogP contribution is -2.31. The third kappa shape index (κ3) is 3.75. The van der Waals surface area contributed by atoms with Gasteiger partial charge in [-0.1, -0.05) is 30.0 Å². The van der Waals surface area contributed by atoms with Crippen molar-refractivity contribution in [3.8, 4) is 5.75 Å². The normalized spacial score (nSPS) is 10.5. The molecule has 1 aromatic heterocycles. The minimum Gasteiger partial charge on any atom is -0.497 e. The van der Waals surface area contributed by atoms with Crippen molar-refractivity contribution in [3.63, 3.8) is 0 Å². The number of carbonyl (C=O) groups excluding carboxylic acids is 2. The first-order valence-electron chi connectivity index (χ1n) is 7.21. The Hall–Kier alpha value is -2.80. The van der Waals surface area contributed by atoms with Crippen LogP contribution in [0.25, 0.3) is 11.0 Å². The number of benzene rings is 2. The average Bonchev–Trinajstić information content (AvgIpc) is 3.02. The largest absolute Gasteiger partial charge is 0.497 e. The minimum atomic E-state index is -0.407. The Kier molecular flexibility index (Phi) is 4.81. The molecular weight excluding hydrogens is 326 g/mol. The summed E-state index contributed by atoms with van der Waals surface area (Å²) >= 11 is 1.23. The van der Waals surface area contributed by atoms with E-state index in [9.17, 15) is 9.59 Å². The molecule has 2 amide bonds. The zero-order valence-corrected chi connectivity index (χ0v) is 13.7. The number of hydrogen-bond donors (Lipinski definition) is 2. The second kappa shape index (κ2) is 7.18. The van der Waals surface area contributed by atoms with E-state index in [1.807, 2.05) is 24.3 Å². The minimum absolute atomic E-state index is 0.0928. The van der Waals surface area contributed by atoms with E-state index < -0.39 is 5.91 Å². The van der Waals surface area contributed by atoms with Crippen molar-refractivity contribution in [2.45, 2.75) is 5.16 Å². The van der Waals surface area contributed by atoms with Crippen molar-refractivity contribution in [3.05, 3.63) is 54.1 Å². The molecule has 3 rings (SSSR count). The molecule has 0 unspecified atom stereocenters. The molecule has 1 heterocycles. The Morgan fingerprint density at radius 3 is 2.75 bits per heavy atom. The number of amides is 2. The molecule has 2 aromatic carbocycles. The summed E-state index contributed by atoms with van der Waals surface area (Å²) in [7, 11) is 1.60. The van der Waals surface area contributed by atoms with Crippen LogP contribution in [0.3, 0.4) is 0 Å². The summed E-state index contributed by atoms with van der Waals surface area (Å²) in [6, 6.07) is 14.1. The Morgan fingerprint density at radius 2 is 2.00 bits per heavy atom. The Labute approximate surface area is 142 Å². The number of rotatable bonds is 5. The van der Waals surface area contributed by atoms with Crippen LogP contribution in [0, 0.1) is 0 Å². The fourth-order valence-corrected chi connectivity index (χ4v) is 2.80. The van der Waals surface area contributed by atoms with E-state index in [0.29, 0.717) is 10.7 Å². The SMILES string of the molecule is COc1ccc2nc(SCC(=O)NC(=O)c3ccccc3)[nH]c2c1. The first kappa shape index (κ1) is 16.1. The van der Waals surface area contributed by atoms with Gasteiger partial charge in [-0.2, -0.15) is 0 Å². The number of imidazole rings is 1. The zero-order chi connectivity index (χ0) is 16.9. The van der Waals surface area contributed by atoms with Gasteiger partial charge in [0.15, 0.2) is 5.16 Å². The molecule has 6 nitrogen and oxygen atoms in total. The van der Waals surface area contributed by atoms with Crippen LogP contribution in [0.4, 0.5) is 0 Å². The molecule has 0 spiro atoms. The van der Waals surface area contributed by atoms with Crippen molar-refractivity contribution in [2.75, 3.05) is 12.9 Å². The van der Waals surface area contributed by atoms with E-state index in [1.165, 1.54) is 11.8 Å². The van der Waals surface area contributed by atoms with Crippen LogP contribution < -0.4 is 10.1 Å². The van der Waals surface area contributed by atoms with Gasteiger partial charge in [-0.3, -0.25) is 14.9 Å². The molecule has 0 saturated heterocycles. The first-order valence-corrected chi connectivity index (χ1v) is 8.20. The van der Waals surface area contributed by atoms with Crippen LogP contribution in [0.1, 0.15) is 10.4 Å². The third-order valence-corrected chi connectivity index (χ3v) is 4.17. The highest BCUT2D eigenvalue weighted by molar-refractivity contribution is 7.99. The predicted octanol–water partition coefficient (Wildman–Crippen LogP) is 2.62. The average molecular weight is 341 g/mol. The molecular formula is C17H15N3O3S. The summed E-state index contributed by atoms with van der Waals surface area (Å²) in [6.07, 6.45) is 0. The molecule has 0 aliphatic heterocycles. The number of nitrogens with zero attached hydrogens (tertiary/aromatic N) is 1. The lowest BCUT2D eigenvalue weighted by atomic mass is 10.2. The smallest absolute Gasteiger partial charge is 0.257 e. The lowest BCUT2D eigenvalue weighted by molar-refractivity contribution is -0.117. The van der Waals surface area contributed by atoms with Crippen LogP contribution >= 0.6 is 11.8 Å². The van der Waals surface area contributed by atoms with Crippen molar-refractivity contribution in [2.24, 2.45) is 0 Å². The topological polar surface area (TPSA) is 84.1 Å². The van der Waals surface area contributed by atoms with Crippen LogP contribution in [0.2, 0.25) is 0 Å². The second-order valence-corrected chi connectivity index (χ2v) is 5.92. The number of H-pyrrole nitrogens is 1. The van der Waals surface area contributed by atoms with Gasteiger partial charge in [0.05, 0.1) is 23.9 Å². The van der Waals surface area contributed by atoms with Gasteiger partial charge in [-0.25, -0.2) is 4.98 Å². The quantitative estimate of drug-likeness (QED) is 0.697. The van der Waals surface area contributed by atoms with Gasteiger partial charge in [-0.05, 0) is 24.3 Å². The van der Waals surface area contributed by atoms with E-state index in [4.69, 9.17) is 4.74 Å². The number of ether oxygens (including phenoxy) is 1. The number of carbonyl (C=O) groups is 2. The summed E-state index contributed by atoms with van der Waals surface area (Å²) < 4.78 is 5.16. The van der Waals surface area contributed by atoms with Crippen LogP contribution in [0.15, 0.2) is 53.7 Å². The summed E-state index contributed by atoms with van der Waals surface area (Å²) in [4.78, 5) is 31.3.